The molecule has 0 spiro atoms. The minimum absolute atomic E-state index is 0.151. The highest BCUT2D eigenvalue weighted by Gasteiger charge is 2.33. The molecular formula is C23H18F3N3OS. The van der Waals surface area contributed by atoms with Gasteiger partial charge in [-0.25, -0.2) is 18.9 Å². The molecule has 1 N–H and O–H groups in total. The summed E-state index contributed by atoms with van der Waals surface area (Å²) >= 11 is 0. The van der Waals surface area contributed by atoms with Crippen molar-refractivity contribution in [3.05, 3.63) is 78.0 Å². The number of halogens is 3. The molecule has 0 saturated heterocycles. The van der Waals surface area contributed by atoms with Crippen LogP contribution in [0.4, 0.5) is 13.2 Å². The number of para-hydroxylation sites is 1. The number of nitrogens with one attached hydrogen (secondary N) is 1. The molecule has 31 heavy (non-hydrogen) atoms. The standard InChI is InChI=1S/C23H18F3N3OS/c1-14-21(29-20-8-4-7-19(22(20)28-14)23(24,25)26)16-11-9-15(10-12-16)17-5-3-6-18(13-17)31(30)27-2/h3-13,27H,1-2H3. The van der Waals surface area contributed by atoms with Crippen LogP contribution in [0.15, 0.2) is 71.6 Å². The molecule has 0 amide bonds. The van der Waals surface area contributed by atoms with E-state index in [1.165, 1.54) is 12.1 Å². The lowest BCUT2D eigenvalue weighted by atomic mass is 10.0. The van der Waals surface area contributed by atoms with Crippen molar-refractivity contribution < 1.29 is 17.4 Å². The van der Waals surface area contributed by atoms with Crippen LogP contribution in [0, 0.1) is 6.92 Å². The van der Waals surface area contributed by atoms with Crippen molar-refractivity contribution in [2.24, 2.45) is 0 Å². The topological polar surface area (TPSA) is 54.9 Å². The van der Waals surface area contributed by atoms with E-state index in [4.69, 9.17) is 0 Å². The number of hydrogen-bond acceptors (Lipinski definition) is 3. The second-order valence-corrected chi connectivity index (χ2v) is 8.32. The van der Waals surface area contributed by atoms with E-state index in [0.717, 1.165) is 22.8 Å². The van der Waals surface area contributed by atoms with Crippen molar-refractivity contribution in [1.29, 1.82) is 0 Å². The average molecular weight is 441 g/mol. The first-order valence-electron chi connectivity index (χ1n) is 9.42. The molecule has 1 atom stereocenters. The van der Waals surface area contributed by atoms with E-state index in [0.29, 0.717) is 16.3 Å². The maximum absolute atomic E-state index is 13.3. The number of aryl methyl sites for hydroxylation is 1. The smallest absolute Gasteiger partial charge is 0.249 e. The Hall–Kier alpha value is -3.10. The molecular weight excluding hydrogens is 423 g/mol. The third-order valence-corrected chi connectivity index (χ3v) is 5.95. The molecule has 158 valence electrons. The zero-order valence-corrected chi connectivity index (χ0v) is 17.5. The van der Waals surface area contributed by atoms with Crippen molar-refractivity contribution in [3.63, 3.8) is 0 Å². The van der Waals surface area contributed by atoms with E-state index < -0.39 is 22.7 Å². The largest absolute Gasteiger partial charge is 0.418 e. The maximum atomic E-state index is 13.3. The second-order valence-electron chi connectivity index (χ2n) is 6.91. The lowest BCUT2D eigenvalue weighted by molar-refractivity contribution is -0.136. The van der Waals surface area contributed by atoms with E-state index in [-0.39, 0.29) is 11.0 Å². The number of hydrogen-bond donors (Lipinski definition) is 1. The fourth-order valence-electron chi connectivity index (χ4n) is 3.39. The van der Waals surface area contributed by atoms with Gasteiger partial charge in [0.2, 0.25) is 0 Å². The summed E-state index contributed by atoms with van der Waals surface area (Å²) in [5.41, 5.74) is 2.79. The molecule has 8 heteroatoms. The monoisotopic (exact) mass is 441 g/mol. The van der Waals surface area contributed by atoms with Crippen LogP contribution in [0.1, 0.15) is 11.3 Å². The van der Waals surface area contributed by atoms with Gasteiger partial charge in [0.15, 0.2) is 0 Å². The molecule has 1 aromatic heterocycles. The predicted molar refractivity (Wildman–Crippen MR) is 116 cm³/mol. The lowest BCUT2D eigenvalue weighted by Crippen LogP contribution is -2.10. The van der Waals surface area contributed by atoms with E-state index in [1.54, 1.807) is 20.0 Å². The first-order valence-corrected chi connectivity index (χ1v) is 10.6. The summed E-state index contributed by atoms with van der Waals surface area (Å²) in [5.74, 6) is 0. The van der Waals surface area contributed by atoms with Gasteiger partial charge in [0.25, 0.3) is 0 Å². The second kappa shape index (κ2) is 8.20. The number of rotatable bonds is 4. The van der Waals surface area contributed by atoms with Crippen LogP contribution in [0.2, 0.25) is 0 Å². The minimum Gasteiger partial charge on any atom is -0.249 e. The Morgan fingerprint density at radius 1 is 0.871 bits per heavy atom. The summed E-state index contributed by atoms with van der Waals surface area (Å²) in [4.78, 5) is 9.34. The van der Waals surface area contributed by atoms with Gasteiger partial charge in [0.05, 0.1) is 27.4 Å². The normalized spacial score (nSPS) is 12.8. The van der Waals surface area contributed by atoms with E-state index in [2.05, 4.69) is 14.7 Å². The van der Waals surface area contributed by atoms with Crippen LogP contribution in [0.25, 0.3) is 33.4 Å². The third kappa shape index (κ3) is 4.22. The van der Waals surface area contributed by atoms with E-state index >= 15 is 0 Å². The number of aromatic nitrogens is 2. The summed E-state index contributed by atoms with van der Waals surface area (Å²) in [7, 11) is 0.345. The van der Waals surface area contributed by atoms with Gasteiger partial charge in [-0.3, -0.25) is 0 Å². The zero-order valence-electron chi connectivity index (χ0n) is 16.7. The van der Waals surface area contributed by atoms with Gasteiger partial charge in [-0.05, 0) is 49.4 Å². The summed E-state index contributed by atoms with van der Waals surface area (Å²) in [6.45, 7) is 1.65. The lowest BCUT2D eigenvalue weighted by Gasteiger charge is -2.12. The van der Waals surface area contributed by atoms with Crippen LogP contribution >= 0.6 is 0 Å². The summed E-state index contributed by atoms with van der Waals surface area (Å²) in [5, 5.41) is 0. The molecule has 0 radical (unpaired) electrons. The van der Waals surface area contributed by atoms with Gasteiger partial charge in [-0.2, -0.15) is 13.2 Å². The highest BCUT2D eigenvalue weighted by Crippen LogP contribution is 2.35. The molecule has 3 aromatic carbocycles. The van der Waals surface area contributed by atoms with Crippen LogP contribution in [0.3, 0.4) is 0 Å². The quantitative estimate of drug-likeness (QED) is 0.453. The summed E-state index contributed by atoms with van der Waals surface area (Å²) < 4.78 is 54.6. The van der Waals surface area contributed by atoms with Gasteiger partial charge in [-0.1, -0.05) is 42.5 Å². The van der Waals surface area contributed by atoms with Gasteiger partial charge in [0.1, 0.15) is 16.5 Å². The van der Waals surface area contributed by atoms with E-state index in [9.17, 15) is 17.4 Å². The Balaban J connectivity index is 1.73. The zero-order chi connectivity index (χ0) is 22.2. The van der Waals surface area contributed by atoms with Crippen molar-refractivity contribution in [1.82, 2.24) is 14.7 Å². The molecule has 0 aliphatic rings. The summed E-state index contributed by atoms with van der Waals surface area (Å²) in [6, 6.07) is 18.8. The Kier molecular flexibility index (Phi) is 5.60. The fraction of sp³-hybridized carbons (Fsp3) is 0.130. The molecule has 0 fully saturated rings. The average Bonchev–Trinajstić information content (AvgIpc) is 2.77. The molecule has 4 nitrogen and oxygen atoms in total. The maximum Gasteiger partial charge on any atom is 0.418 e. The first kappa shape index (κ1) is 21.1. The SMILES string of the molecule is CNS(=O)c1cccc(-c2ccc(-c3nc4cccc(C(F)(F)F)c4nc3C)cc2)c1. The number of nitrogens with zero attached hydrogens (tertiary/aromatic N) is 2. The van der Waals surface area contributed by atoms with Gasteiger partial charge >= 0.3 is 6.18 Å². The molecule has 0 aliphatic carbocycles. The number of benzene rings is 3. The van der Waals surface area contributed by atoms with Gasteiger partial charge in [-0.15, -0.1) is 0 Å². The molecule has 1 unspecified atom stereocenters. The van der Waals surface area contributed by atoms with E-state index in [1.807, 2.05) is 42.5 Å². The van der Waals surface area contributed by atoms with Crippen molar-refractivity contribution >= 4 is 22.0 Å². The molecule has 4 aromatic rings. The Morgan fingerprint density at radius 2 is 1.55 bits per heavy atom. The predicted octanol–water partition coefficient (Wildman–Crippen LogP) is 5.53. The third-order valence-electron chi connectivity index (χ3n) is 4.90. The van der Waals surface area contributed by atoms with Crippen LogP contribution < -0.4 is 4.72 Å². The van der Waals surface area contributed by atoms with Crippen molar-refractivity contribution in [3.8, 4) is 22.4 Å². The Morgan fingerprint density at radius 3 is 2.23 bits per heavy atom. The van der Waals surface area contributed by atoms with Crippen molar-refractivity contribution in [2.75, 3.05) is 7.05 Å². The van der Waals surface area contributed by atoms with Gasteiger partial charge in [0, 0.05) is 5.56 Å². The van der Waals surface area contributed by atoms with Crippen molar-refractivity contribution in [2.45, 2.75) is 18.0 Å². The molecule has 1 heterocycles. The Bertz CT molecular complexity index is 1290. The number of alkyl halides is 3. The Labute approximate surface area is 179 Å². The molecule has 0 bridgehead atoms. The molecule has 0 saturated carbocycles. The first-order chi connectivity index (χ1) is 14.8. The van der Waals surface area contributed by atoms with Crippen LogP contribution in [-0.4, -0.2) is 21.2 Å². The highest BCUT2D eigenvalue weighted by molar-refractivity contribution is 7.83. The minimum atomic E-state index is -4.49. The summed E-state index contributed by atoms with van der Waals surface area (Å²) in [6.07, 6.45) is -4.49. The molecule has 4 rings (SSSR count). The van der Waals surface area contributed by atoms with Crippen LogP contribution in [-0.2, 0) is 17.2 Å². The molecule has 0 aliphatic heterocycles. The number of fused-ring (bicyclic) bond motifs is 1. The fourth-order valence-corrected chi connectivity index (χ4v) is 4.06. The van der Waals surface area contributed by atoms with Crippen LogP contribution in [0.5, 0.6) is 0 Å². The highest BCUT2D eigenvalue weighted by atomic mass is 32.2. The van der Waals surface area contributed by atoms with Gasteiger partial charge < -0.3 is 0 Å².